The van der Waals surface area contributed by atoms with E-state index in [1.807, 2.05) is 121 Å². The Morgan fingerprint density at radius 1 is 0.333 bits per heavy atom. The summed E-state index contributed by atoms with van der Waals surface area (Å²) in [4.78, 5) is 2.47. The Morgan fingerprint density at radius 3 is 0.800 bits per heavy atom. The van der Waals surface area contributed by atoms with Crippen molar-refractivity contribution in [3.63, 3.8) is 0 Å². The third kappa shape index (κ3) is 6.58. The molecule has 0 fully saturated rings. The van der Waals surface area contributed by atoms with E-state index in [-0.39, 0.29) is 0 Å². The molecule has 0 aliphatic rings. The van der Waals surface area contributed by atoms with Crippen molar-refractivity contribution in [2.75, 3.05) is 23.8 Å². The summed E-state index contributed by atoms with van der Waals surface area (Å²) in [5, 5.41) is 3.52. The SMILES string of the molecule is O=P(CCS(CCP(=O)(c1ccccc1)c1ccccc1)(c1ccccc1)c1ccccc1)(c1ccccc1)c1ccccc1. The van der Waals surface area contributed by atoms with Gasteiger partial charge < -0.3 is 9.13 Å². The molecule has 6 aromatic carbocycles. The fourth-order valence-electron chi connectivity index (χ4n) is 6.13. The Hall–Kier alpha value is -3.87. The normalized spacial score (nSPS) is 12.4. The summed E-state index contributed by atoms with van der Waals surface area (Å²) in [5.41, 5.74) is 0. The first-order chi connectivity index (χ1) is 22.0. The van der Waals surface area contributed by atoms with Gasteiger partial charge in [-0.25, -0.2) is 0 Å². The molecule has 0 atom stereocenters. The minimum atomic E-state index is -2.99. The van der Waals surface area contributed by atoms with E-state index in [1.54, 1.807) is 0 Å². The van der Waals surface area contributed by atoms with E-state index >= 15 is 9.13 Å². The summed E-state index contributed by atoms with van der Waals surface area (Å²) >= 11 is 0. The lowest BCUT2D eigenvalue weighted by atomic mass is 10.4. The predicted molar refractivity (Wildman–Crippen MR) is 196 cm³/mol. The van der Waals surface area contributed by atoms with Gasteiger partial charge in [0.05, 0.1) is 0 Å². The fraction of sp³-hybridized carbons (Fsp3) is 0.100. The van der Waals surface area contributed by atoms with Crippen LogP contribution in [0.25, 0.3) is 0 Å². The van der Waals surface area contributed by atoms with Crippen molar-refractivity contribution in [2.45, 2.75) is 9.79 Å². The molecule has 6 aromatic rings. The first-order valence-electron chi connectivity index (χ1n) is 15.3. The molecule has 0 aliphatic carbocycles. The maximum absolute atomic E-state index is 15.3. The second kappa shape index (κ2) is 14.1. The summed E-state index contributed by atoms with van der Waals surface area (Å²) in [7, 11) is -7.78. The summed E-state index contributed by atoms with van der Waals surface area (Å²) in [5.74, 6) is 1.43. The highest BCUT2D eigenvalue weighted by Crippen LogP contribution is 2.66. The number of hydrogen-bond donors (Lipinski definition) is 0. The van der Waals surface area contributed by atoms with Gasteiger partial charge in [0.2, 0.25) is 0 Å². The van der Waals surface area contributed by atoms with Gasteiger partial charge >= 0.3 is 0 Å². The van der Waals surface area contributed by atoms with Crippen LogP contribution in [0.15, 0.2) is 192 Å². The fourth-order valence-corrected chi connectivity index (χ4v) is 17.7. The lowest BCUT2D eigenvalue weighted by Crippen LogP contribution is -2.26. The van der Waals surface area contributed by atoms with Gasteiger partial charge in [0.25, 0.3) is 0 Å². The van der Waals surface area contributed by atoms with E-state index in [0.717, 1.165) is 21.2 Å². The Bertz CT molecular complexity index is 1650. The number of rotatable bonds is 12. The Kier molecular flexibility index (Phi) is 9.72. The average Bonchev–Trinajstić information content (AvgIpc) is 3.14. The van der Waals surface area contributed by atoms with E-state index in [9.17, 15) is 0 Å². The van der Waals surface area contributed by atoms with E-state index in [2.05, 4.69) is 60.7 Å². The summed E-state index contributed by atoms with van der Waals surface area (Å²) in [6.07, 6.45) is 1.03. The minimum Gasteiger partial charge on any atom is -0.314 e. The molecule has 45 heavy (non-hydrogen) atoms. The zero-order valence-corrected chi connectivity index (χ0v) is 27.9. The van der Waals surface area contributed by atoms with Gasteiger partial charge in [0, 0.05) is 33.5 Å². The summed E-state index contributed by atoms with van der Waals surface area (Å²) < 4.78 is 30.7. The van der Waals surface area contributed by atoms with E-state index < -0.39 is 24.3 Å². The molecule has 0 unspecified atom stereocenters. The van der Waals surface area contributed by atoms with Crippen molar-refractivity contribution in [1.29, 1.82) is 0 Å². The molecule has 226 valence electrons. The van der Waals surface area contributed by atoms with E-state index in [0.29, 0.717) is 23.8 Å². The van der Waals surface area contributed by atoms with Gasteiger partial charge in [0.15, 0.2) is 0 Å². The molecular weight excluding hydrogens is 606 g/mol. The van der Waals surface area contributed by atoms with Crippen LogP contribution >= 0.6 is 24.3 Å². The molecule has 0 heterocycles. The van der Waals surface area contributed by atoms with Crippen LogP contribution in [0.5, 0.6) is 0 Å². The van der Waals surface area contributed by atoms with E-state index in [1.165, 1.54) is 9.79 Å². The Balaban J connectivity index is 1.49. The van der Waals surface area contributed by atoms with Gasteiger partial charge in [-0.1, -0.05) is 158 Å². The van der Waals surface area contributed by atoms with Crippen LogP contribution in [0, 0.1) is 0 Å². The van der Waals surface area contributed by atoms with Crippen molar-refractivity contribution in [3.8, 4) is 0 Å². The molecule has 0 spiro atoms. The first-order valence-corrected chi connectivity index (χ1v) is 21.1. The highest BCUT2D eigenvalue weighted by atomic mass is 32.3. The van der Waals surface area contributed by atoms with Gasteiger partial charge in [-0.3, -0.25) is 0 Å². The van der Waals surface area contributed by atoms with Crippen molar-refractivity contribution in [1.82, 2.24) is 0 Å². The molecule has 0 aliphatic heterocycles. The molecule has 0 amide bonds. The smallest absolute Gasteiger partial charge is 0.144 e. The Labute approximate surface area is 269 Å². The standard InChI is InChI=1S/C40H38O2P2S/c41-43(35-19-7-1-8-20-35,36-21-9-2-10-22-36)31-33-45(39-27-15-5-16-28-39,40-29-17-6-18-30-40)34-32-44(42,37-23-11-3-12-24-37)38-25-13-4-14-26-38/h1-30H,31-34H2. The lowest BCUT2D eigenvalue weighted by molar-refractivity contribution is 0.587. The zero-order valence-electron chi connectivity index (χ0n) is 25.3. The second-order valence-electron chi connectivity index (χ2n) is 11.2. The van der Waals surface area contributed by atoms with Crippen molar-refractivity contribution in [2.24, 2.45) is 0 Å². The Morgan fingerprint density at radius 2 is 0.556 bits per heavy atom. The number of hydrogen-bond acceptors (Lipinski definition) is 2. The van der Waals surface area contributed by atoms with Crippen molar-refractivity contribution in [3.05, 3.63) is 182 Å². The lowest BCUT2D eigenvalue weighted by Gasteiger charge is -2.43. The van der Waals surface area contributed by atoms with Crippen molar-refractivity contribution < 1.29 is 9.13 Å². The van der Waals surface area contributed by atoms with Crippen LogP contribution in [0.1, 0.15) is 0 Å². The molecule has 0 saturated carbocycles. The molecular formula is C40H38O2P2S. The minimum absolute atomic E-state index is 0.515. The number of benzene rings is 6. The highest BCUT2D eigenvalue weighted by molar-refractivity contribution is 8.34. The predicted octanol–water partition coefficient (Wildman–Crippen LogP) is 8.94. The largest absolute Gasteiger partial charge is 0.314 e. The summed E-state index contributed by atoms with van der Waals surface area (Å²) in [6.45, 7) is 0. The second-order valence-corrected chi connectivity index (χ2v) is 20.6. The maximum Gasteiger partial charge on any atom is 0.144 e. The van der Waals surface area contributed by atoms with Gasteiger partial charge in [-0.05, 0) is 45.6 Å². The van der Waals surface area contributed by atoms with Crippen LogP contribution in [0.3, 0.4) is 0 Å². The molecule has 2 nitrogen and oxygen atoms in total. The third-order valence-corrected chi connectivity index (χ3v) is 19.6. The van der Waals surface area contributed by atoms with Crippen molar-refractivity contribution >= 4 is 45.5 Å². The molecule has 5 heteroatoms. The monoisotopic (exact) mass is 644 g/mol. The molecule has 0 bridgehead atoms. The molecule has 0 N–H and O–H groups in total. The third-order valence-electron chi connectivity index (χ3n) is 8.59. The molecule has 6 rings (SSSR count). The molecule has 0 radical (unpaired) electrons. The topological polar surface area (TPSA) is 34.1 Å². The molecule has 0 aromatic heterocycles. The zero-order chi connectivity index (χ0) is 31.0. The van der Waals surface area contributed by atoms with Crippen LogP contribution in [0.2, 0.25) is 0 Å². The highest BCUT2D eigenvalue weighted by Gasteiger charge is 2.37. The van der Waals surface area contributed by atoms with Crippen LogP contribution in [0.4, 0.5) is 0 Å². The quantitative estimate of drug-likeness (QED) is 0.125. The van der Waals surface area contributed by atoms with Crippen LogP contribution in [-0.4, -0.2) is 23.8 Å². The van der Waals surface area contributed by atoms with Crippen LogP contribution in [-0.2, 0) is 9.13 Å². The average molecular weight is 645 g/mol. The van der Waals surface area contributed by atoms with Gasteiger partial charge in [-0.15, -0.1) is 0 Å². The van der Waals surface area contributed by atoms with Gasteiger partial charge in [-0.2, -0.15) is 10.0 Å². The van der Waals surface area contributed by atoms with Gasteiger partial charge in [0.1, 0.15) is 14.3 Å². The first kappa shape index (κ1) is 31.1. The maximum atomic E-state index is 15.3. The molecule has 0 saturated heterocycles. The van der Waals surface area contributed by atoms with E-state index in [4.69, 9.17) is 0 Å². The van der Waals surface area contributed by atoms with Crippen LogP contribution < -0.4 is 21.2 Å². The summed E-state index contributed by atoms with van der Waals surface area (Å²) in [6, 6.07) is 61.2.